The highest BCUT2D eigenvalue weighted by atomic mass is 33.1. The van der Waals surface area contributed by atoms with E-state index < -0.39 is 0 Å². The van der Waals surface area contributed by atoms with Crippen LogP contribution in [0.2, 0.25) is 0 Å². The molecule has 1 rings (SSSR count). The Hall–Kier alpha value is -1.91. The lowest BCUT2D eigenvalue weighted by atomic mass is 9.94. The van der Waals surface area contributed by atoms with Crippen molar-refractivity contribution in [2.75, 3.05) is 59.0 Å². The zero-order valence-electron chi connectivity index (χ0n) is 41.4. The molecule has 0 saturated carbocycles. The van der Waals surface area contributed by atoms with Gasteiger partial charge >= 0.3 is 18.0 Å². The second-order valence-corrected chi connectivity index (χ2v) is 21.0. The van der Waals surface area contributed by atoms with Crippen LogP contribution in [0, 0.1) is 5.92 Å². The van der Waals surface area contributed by atoms with Crippen molar-refractivity contribution in [2.24, 2.45) is 5.92 Å². The van der Waals surface area contributed by atoms with E-state index in [0.29, 0.717) is 37.0 Å². The molecule has 0 heterocycles. The molecule has 0 radical (unpaired) electrons. The van der Waals surface area contributed by atoms with Crippen molar-refractivity contribution in [3.63, 3.8) is 0 Å². The van der Waals surface area contributed by atoms with Gasteiger partial charge in [0.15, 0.2) is 0 Å². The van der Waals surface area contributed by atoms with E-state index in [-0.39, 0.29) is 30.4 Å². The smallest absolute Gasteiger partial charge is 0.409 e. The van der Waals surface area contributed by atoms with Gasteiger partial charge in [0.25, 0.3) is 0 Å². The van der Waals surface area contributed by atoms with E-state index in [9.17, 15) is 14.4 Å². The first-order chi connectivity index (χ1) is 30.8. The Morgan fingerprint density at radius 1 is 0.508 bits per heavy atom. The summed E-state index contributed by atoms with van der Waals surface area (Å²) in [5, 5.41) is 0. The maximum atomic E-state index is 13.5. The second-order valence-electron chi connectivity index (χ2n) is 18.3. The highest BCUT2D eigenvalue weighted by Gasteiger charge is 2.20. The largest absolute Gasteiger partial charge is 0.465 e. The number of unbranched alkanes of at least 4 members (excludes halogenated alkanes) is 26. The van der Waals surface area contributed by atoms with Crippen molar-refractivity contribution in [1.82, 2.24) is 9.80 Å². The summed E-state index contributed by atoms with van der Waals surface area (Å²) in [6.45, 7) is 6.83. The van der Waals surface area contributed by atoms with Gasteiger partial charge in [-0.15, -0.1) is 0 Å². The molecule has 0 aliphatic carbocycles. The summed E-state index contributed by atoms with van der Waals surface area (Å²) in [5.41, 5.74) is 0.830. The summed E-state index contributed by atoms with van der Waals surface area (Å²) in [5.74, 6) is 1.42. The van der Waals surface area contributed by atoms with Gasteiger partial charge in [0, 0.05) is 25.1 Å². The first kappa shape index (κ1) is 59.1. The Labute approximate surface area is 396 Å². The summed E-state index contributed by atoms with van der Waals surface area (Å²) in [7, 11) is 8.99. The number of esters is 2. The van der Waals surface area contributed by atoms with Gasteiger partial charge in [-0.05, 0) is 57.6 Å². The predicted molar refractivity (Wildman–Crippen MR) is 272 cm³/mol. The van der Waals surface area contributed by atoms with Crippen LogP contribution in [0.1, 0.15) is 218 Å². The normalized spacial score (nSPS) is 11.4. The molecule has 0 N–H and O–H groups in total. The molecule has 63 heavy (non-hydrogen) atoms. The first-order valence-corrected chi connectivity index (χ1v) is 28.5. The number of rotatable bonds is 45. The number of ether oxygens (including phenoxy) is 3. The molecular formula is C53H96N2O6S2. The van der Waals surface area contributed by atoms with Gasteiger partial charge in [-0.2, -0.15) is 0 Å². The van der Waals surface area contributed by atoms with Crippen LogP contribution in [-0.2, 0) is 25.5 Å². The third-order valence-corrected chi connectivity index (χ3v) is 14.3. The number of nitrogens with zero attached hydrogens (tertiary/aromatic N) is 2. The van der Waals surface area contributed by atoms with E-state index in [4.69, 9.17) is 14.2 Å². The molecule has 1 aromatic carbocycles. The minimum atomic E-state index is -0.297. The zero-order chi connectivity index (χ0) is 45.9. The van der Waals surface area contributed by atoms with E-state index in [1.807, 2.05) is 26.2 Å². The molecule has 0 bridgehead atoms. The zero-order valence-corrected chi connectivity index (χ0v) is 43.1. The Balaban J connectivity index is 2.38. The van der Waals surface area contributed by atoms with Gasteiger partial charge in [-0.3, -0.25) is 9.59 Å². The average molecular weight is 921 g/mol. The molecule has 8 nitrogen and oxygen atoms in total. The number of carbonyl (C=O) groups excluding carboxylic acids is 3. The molecule has 0 aromatic heterocycles. The number of hydrogen-bond acceptors (Lipinski definition) is 9. The molecule has 1 aromatic rings. The summed E-state index contributed by atoms with van der Waals surface area (Å²) < 4.78 is 16.7. The molecule has 0 saturated heterocycles. The molecule has 0 fully saturated rings. The van der Waals surface area contributed by atoms with Crippen molar-refractivity contribution >= 4 is 39.6 Å². The summed E-state index contributed by atoms with van der Waals surface area (Å²) in [6, 6.07) is 7.31. The minimum Gasteiger partial charge on any atom is -0.465 e. The van der Waals surface area contributed by atoms with Crippen molar-refractivity contribution in [1.29, 1.82) is 0 Å². The van der Waals surface area contributed by atoms with E-state index in [2.05, 4.69) is 18.7 Å². The van der Waals surface area contributed by atoms with Gasteiger partial charge in [-0.1, -0.05) is 227 Å². The molecule has 0 aliphatic rings. The van der Waals surface area contributed by atoms with Gasteiger partial charge in [0.1, 0.15) is 19.0 Å². The van der Waals surface area contributed by atoms with Crippen LogP contribution in [-0.4, -0.2) is 86.8 Å². The second kappa shape index (κ2) is 44.0. The Bertz CT molecular complexity index is 1170. The van der Waals surface area contributed by atoms with Crippen LogP contribution < -0.4 is 4.74 Å². The number of hydrogen-bond donors (Lipinski definition) is 0. The van der Waals surface area contributed by atoms with Crippen LogP contribution in [0.25, 0.3) is 0 Å². The fourth-order valence-corrected chi connectivity index (χ4v) is 9.59. The van der Waals surface area contributed by atoms with Gasteiger partial charge in [-0.25, -0.2) is 4.79 Å². The quantitative estimate of drug-likeness (QED) is 0.0275. The van der Waals surface area contributed by atoms with Crippen molar-refractivity contribution < 1.29 is 28.6 Å². The van der Waals surface area contributed by atoms with Crippen molar-refractivity contribution in [2.45, 2.75) is 219 Å². The van der Waals surface area contributed by atoms with Crippen LogP contribution >= 0.6 is 21.6 Å². The first-order valence-electron chi connectivity index (χ1n) is 26.0. The monoisotopic (exact) mass is 921 g/mol. The fraction of sp³-hybridized carbons (Fsp3) is 0.830. The van der Waals surface area contributed by atoms with Gasteiger partial charge in [0.05, 0.1) is 12.3 Å². The highest BCUT2D eigenvalue weighted by molar-refractivity contribution is 8.76. The Kier molecular flexibility index (Phi) is 41.2. The lowest BCUT2D eigenvalue weighted by Gasteiger charge is -2.18. The molecule has 1 amide bonds. The molecule has 10 heteroatoms. The van der Waals surface area contributed by atoms with Crippen LogP contribution in [0.4, 0.5) is 4.79 Å². The maximum Gasteiger partial charge on any atom is 0.409 e. The SMILES string of the molecule is CCCCCCCCCCCCCCCCC(CCCCCCCCCCCCCCCC)C(=O)Oc1ccc(CC(=O)OCCSSCCOC(=O)N(C)CCCN(C)C)cc1. The lowest BCUT2D eigenvalue weighted by Crippen LogP contribution is -2.30. The summed E-state index contributed by atoms with van der Waals surface area (Å²) >= 11 is 0. The average Bonchev–Trinajstić information content (AvgIpc) is 3.27. The van der Waals surface area contributed by atoms with E-state index in [1.54, 1.807) is 45.7 Å². The Morgan fingerprint density at radius 3 is 1.32 bits per heavy atom. The van der Waals surface area contributed by atoms with Crippen molar-refractivity contribution in [3.8, 4) is 5.75 Å². The minimum absolute atomic E-state index is 0.0647. The summed E-state index contributed by atoms with van der Waals surface area (Å²) in [4.78, 5) is 41.8. The molecule has 0 aliphatic heterocycles. The summed E-state index contributed by atoms with van der Waals surface area (Å²) in [6.07, 6.45) is 39.9. The molecule has 0 spiro atoms. The van der Waals surface area contributed by atoms with E-state index in [0.717, 1.165) is 44.2 Å². The van der Waals surface area contributed by atoms with Crippen LogP contribution in [0.5, 0.6) is 5.75 Å². The predicted octanol–water partition coefficient (Wildman–Crippen LogP) is 15.4. The number of amides is 1. The third-order valence-electron chi connectivity index (χ3n) is 12.0. The number of benzene rings is 1. The molecular weight excluding hydrogens is 825 g/mol. The van der Waals surface area contributed by atoms with Gasteiger partial charge in [0.2, 0.25) is 0 Å². The lowest BCUT2D eigenvalue weighted by molar-refractivity contribution is -0.142. The van der Waals surface area contributed by atoms with Crippen LogP contribution in [0.15, 0.2) is 24.3 Å². The van der Waals surface area contributed by atoms with Crippen molar-refractivity contribution in [3.05, 3.63) is 29.8 Å². The molecule has 0 unspecified atom stereocenters. The maximum absolute atomic E-state index is 13.5. The fourth-order valence-electron chi connectivity index (χ4n) is 7.94. The number of carbonyl (C=O) groups is 3. The Morgan fingerprint density at radius 2 is 0.905 bits per heavy atom. The van der Waals surface area contributed by atoms with Crippen LogP contribution in [0.3, 0.4) is 0 Å². The third kappa shape index (κ3) is 38.0. The highest BCUT2D eigenvalue weighted by Crippen LogP contribution is 2.24. The molecule has 0 atom stereocenters. The molecule has 366 valence electrons. The standard InChI is InChI=1S/C53H96N2O6S2/c1-6-8-10-12-14-16-18-20-22-24-26-28-30-32-35-49(36-33-31-29-27-25-23-21-19-17-15-13-11-9-7-2)52(57)61-50-39-37-48(38-40-50)47-51(56)59-43-45-62-63-46-44-60-53(58)55(5)42-34-41-54(3)4/h37-40,49H,6-36,41-47H2,1-5H3. The van der Waals surface area contributed by atoms with Gasteiger partial charge < -0.3 is 24.0 Å². The van der Waals surface area contributed by atoms with E-state index >= 15 is 0 Å². The van der Waals surface area contributed by atoms with E-state index in [1.165, 1.54) is 167 Å². The topological polar surface area (TPSA) is 85.4 Å².